The topological polar surface area (TPSA) is 96.7 Å². The van der Waals surface area contributed by atoms with Crippen molar-refractivity contribution in [3.8, 4) is 0 Å². The van der Waals surface area contributed by atoms with Crippen LogP contribution in [0.15, 0.2) is 23.1 Å². The van der Waals surface area contributed by atoms with Crippen LogP contribution in [-0.4, -0.2) is 39.9 Å². The molecule has 2 atom stereocenters. The predicted molar refractivity (Wildman–Crippen MR) is 130 cm³/mol. The lowest BCUT2D eigenvalue weighted by molar-refractivity contribution is 0.0696. The first-order chi connectivity index (χ1) is 14.4. The van der Waals surface area contributed by atoms with E-state index in [2.05, 4.69) is 43.8 Å². The average molecular weight is 458 g/mol. The van der Waals surface area contributed by atoms with Crippen LogP contribution in [0, 0.1) is 6.92 Å². The third-order valence-corrected chi connectivity index (χ3v) is 11.6. The molecule has 0 amide bonds. The van der Waals surface area contributed by atoms with Crippen molar-refractivity contribution >= 4 is 30.8 Å². The second kappa shape index (κ2) is 8.15. The largest absolute Gasteiger partial charge is 0.478 e. The van der Waals surface area contributed by atoms with Gasteiger partial charge in [-0.05, 0) is 55.6 Å². The van der Waals surface area contributed by atoms with Crippen molar-refractivity contribution in [1.82, 2.24) is 14.4 Å². The molecule has 0 radical (unpaired) electrons. The molecule has 1 aliphatic rings. The van der Waals surface area contributed by atoms with Gasteiger partial charge < -0.3 is 14.5 Å². The zero-order valence-electron chi connectivity index (χ0n) is 19.1. The number of carboxylic acids is 1. The molecule has 4 rings (SSSR count). The van der Waals surface area contributed by atoms with Gasteiger partial charge >= 0.3 is 5.97 Å². The van der Waals surface area contributed by atoms with Gasteiger partial charge in [-0.1, -0.05) is 34.6 Å². The van der Waals surface area contributed by atoms with E-state index in [0.29, 0.717) is 16.6 Å². The molecule has 1 aliphatic carbocycles. The molecule has 32 heavy (non-hydrogen) atoms. The van der Waals surface area contributed by atoms with Crippen molar-refractivity contribution in [2.45, 2.75) is 84.5 Å². The molecule has 3 aromatic rings. The third kappa shape index (κ3) is 3.90. The number of aryl methyl sites for hydroxylation is 1. The van der Waals surface area contributed by atoms with Crippen LogP contribution in [0.5, 0.6) is 0 Å². The lowest BCUT2D eigenvalue weighted by Crippen LogP contribution is -2.44. The second-order valence-electron chi connectivity index (χ2n) is 10.2. The molecule has 1 saturated carbocycles. The molecule has 0 spiro atoms. The fourth-order valence-electron chi connectivity index (χ4n) is 4.35. The van der Waals surface area contributed by atoms with Gasteiger partial charge in [-0.3, -0.25) is 9.20 Å². The number of benzene rings is 1. The predicted octanol–water partition coefficient (Wildman–Crippen LogP) is 5.48. The summed E-state index contributed by atoms with van der Waals surface area (Å²) >= 11 is 0. The van der Waals surface area contributed by atoms with E-state index >= 15 is 0 Å². The van der Waals surface area contributed by atoms with Crippen molar-refractivity contribution in [3.63, 3.8) is 0 Å². The summed E-state index contributed by atoms with van der Waals surface area (Å²) in [6.07, 6.45) is 4.69. The highest BCUT2D eigenvalue weighted by Gasteiger charge is 2.43. The highest BCUT2D eigenvalue weighted by molar-refractivity contribution is 6.74. The van der Waals surface area contributed by atoms with E-state index in [1.165, 1.54) is 6.07 Å². The number of imidazole rings is 1. The van der Waals surface area contributed by atoms with E-state index < -0.39 is 14.3 Å². The zero-order chi connectivity index (χ0) is 22.7. The van der Waals surface area contributed by atoms with Crippen molar-refractivity contribution < 1.29 is 14.3 Å². The number of nitrogens with one attached hydrogen (secondary N) is 1. The molecule has 174 valence electrons. The van der Waals surface area contributed by atoms with Crippen LogP contribution in [0.4, 0.5) is 0 Å². The monoisotopic (exact) mass is 457 g/mol. The van der Waals surface area contributed by atoms with Gasteiger partial charge in [0.1, 0.15) is 11.3 Å². The van der Waals surface area contributed by atoms with Crippen LogP contribution in [0.1, 0.15) is 75.1 Å². The van der Waals surface area contributed by atoms with Gasteiger partial charge in [-0.25, -0.2) is 9.78 Å². The maximum atomic E-state index is 12.7. The number of carboxylic acid groups (broad SMARTS) is 1. The lowest BCUT2D eigenvalue weighted by Gasteiger charge is -2.39. The van der Waals surface area contributed by atoms with Gasteiger partial charge in [-0.15, -0.1) is 0 Å². The first-order valence-corrected chi connectivity index (χ1v) is 13.8. The fraction of sp³-hybridized carbons (Fsp3) is 0.542. The van der Waals surface area contributed by atoms with Crippen LogP contribution < -0.4 is 5.56 Å². The van der Waals surface area contributed by atoms with Crippen molar-refractivity contribution in [1.29, 1.82) is 0 Å². The van der Waals surface area contributed by atoms with Crippen LogP contribution in [-0.2, 0) is 4.43 Å². The average Bonchev–Trinajstić information content (AvgIpc) is 3.27. The molecule has 8 heteroatoms. The minimum absolute atomic E-state index is 0. The van der Waals surface area contributed by atoms with Gasteiger partial charge in [0, 0.05) is 5.92 Å². The number of H-pyrrole nitrogens is 1. The van der Waals surface area contributed by atoms with E-state index in [1.807, 2.05) is 10.5 Å². The first kappa shape index (κ1) is 24.2. The smallest absolute Gasteiger partial charge is 0.336 e. The van der Waals surface area contributed by atoms with Crippen molar-refractivity contribution in [2.75, 3.05) is 0 Å². The summed E-state index contributed by atoms with van der Waals surface area (Å²) in [6.45, 7) is 13.0. The summed E-state index contributed by atoms with van der Waals surface area (Å²) in [5, 5.41) is 9.59. The van der Waals surface area contributed by atoms with Crippen molar-refractivity contribution in [3.05, 3.63) is 45.6 Å². The molecule has 1 fully saturated rings. The molecule has 1 aromatic carbocycles. The summed E-state index contributed by atoms with van der Waals surface area (Å²) in [7, 11) is -1.96. The van der Waals surface area contributed by atoms with E-state index in [-0.39, 0.29) is 35.6 Å². The Morgan fingerprint density at radius 3 is 2.56 bits per heavy atom. The molecule has 0 unspecified atom stereocenters. The molecule has 2 N–H and O–H groups in total. The number of carbonyl (C=O) groups is 1. The second-order valence-corrected chi connectivity index (χ2v) is 15.0. The Balaban J connectivity index is 0.00000289. The number of aromatic carboxylic acids is 1. The Morgan fingerprint density at radius 1 is 1.25 bits per heavy atom. The molecular formula is C24H35N3O4Si. The minimum atomic E-state index is -1.96. The Hall–Kier alpha value is -2.45. The molecule has 2 aromatic heterocycles. The van der Waals surface area contributed by atoms with Crippen LogP contribution >= 0.6 is 0 Å². The van der Waals surface area contributed by atoms with Crippen LogP contribution in [0.25, 0.3) is 16.6 Å². The fourth-order valence-corrected chi connectivity index (χ4v) is 5.75. The van der Waals surface area contributed by atoms with Gasteiger partial charge in [-0.2, -0.15) is 0 Å². The first-order valence-electron chi connectivity index (χ1n) is 10.9. The molecule has 0 saturated heterocycles. The van der Waals surface area contributed by atoms with Gasteiger partial charge in [0.15, 0.2) is 8.32 Å². The number of hydrogen-bond acceptors (Lipinski definition) is 4. The zero-order valence-corrected chi connectivity index (χ0v) is 20.1. The Labute approximate surface area is 190 Å². The third-order valence-electron chi connectivity index (χ3n) is 7.12. The lowest BCUT2D eigenvalue weighted by atomic mass is 10.0. The van der Waals surface area contributed by atoms with Gasteiger partial charge in [0.25, 0.3) is 5.56 Å². The normalized spacial score (nSPS) is 19.4. The molecule has 0 aliphatic heterocycles. The highest BCUT2D eigenvalue weighted by Crippen LogP contribution is 2.43. The van der Waals surface area contributed by atoms with Crippen LogP contribution in [0.3, 0.4) is 0 Å². The summed E-state index contributed by atoms with van der Waals surface area (Å²) < 4.78 is 8.69. The summed E-state index contributed by atoms with van der Waals surface area (Å²) in [6, 6.07) is 3.36. The van der Waals surface area contributed by atoms with Crippen LogP contribution in [0.2, 0.25) is 18.1 Å². The number of rotatable bonds is 4. The van der Waals surface area contributed by atoms with Crippen molar-refractivity contribution in [2.24, 2.45) is 0 Å². The van der Waals surface area contributed by atoms with E-state index in [1.54, 1.807) is 13.1 Å². The van der Waals surface area contributed by atoms with E-state index in [0.717, 1.165) is 30.6 Å². The Kier molecular flexibility index (Phi) is 6.16. The number of aromatic nitrogens is 3. The summed E-state index contributed by atoms with van der Waals surface area (Å²) in [5.41, 5.74) is 2.30. The Morgan fingerprint density at radius 2 is 1.94 bits per heavy atom. The summed E-state index contributed by atoms with van der Waals surface area (Å²) in [5.74, 6) is -0.0827. The maximum absolute atomic E-state index is 12.7. The standard InChI is InChI=1S/C23H31N3O4Si.CH4/c1-13-10-17-16(11-15(13)22(28)29)25-21(27)18-12-24-20(26(17)18)14-8-7-9-19(14)30-31(5,6)23(2,3)4;/h10-12,14,19H,7-9H2,1-6H3,(H,25,27)(H,28,29);1H4/t14-,19+;/m1./s1. The number of aromatic amines is 1. The maximum Gasteiger partial charge on any atom is 0.336 e. The molecule has 2 heterocycles. The van der Waals surface area contributed by atoms with E-state index in [4.69, 9.17) is 4.43 Å². The minimum Gasteiger partial charge on any atom is -0.478 e. The molecule has 0 bridgehead atoms. The number of fused-ring (bicyclic) bond motifs is 3. The number of nitrogens with zero attached hydrogens (tertiary/aromatic N) is 2. The van der Waals surface area contributed by atoms with E-state index in [9.17, 15) is 14.7 Å². The summed E-state index contributed by atoms with van der Waals surface area (Å²) in [4.78, 5) is 31.8. The number of hydrogen-bond donors (Lipinski definition) is 2. The SMILES string of the molecule is C.Cc1cc2c(cc1C(=O)O)[nH]c(=O)c1cnc([C@@H]3CCC[C@@H]3O[Si](C)(C)C(C)(C)C)n12. The Bertz CT molecular complexity index is 1240. The molecule has 7 nitrogen and oxygen atoms in total. The quantitative estimate of drug-likeness (QED) is 0.506. The van der Waals surface area contributed by atoms with Gasteiger partial charge in [0.2, 0.25) is 0 Å². The highest BCUT2D eigenvalue weighted by atomic mass is 28.4. The van der Waals surface area contributed by atoms with Gasteiger partial charge in [0.05, 0.1) is 28.9 Å². The molecular weight excluding hydrogens is 422 g/mol.